The summed E-state index contributed by atoms with van der Waals surface area (Å²) in [4.78, 5) is 15.5. The van der Waals surface area contributed by atoms with Crippen molar-refractivity contribution in [3.05, 3.63) is 35.3 Å². The van der Waals surface area contributed by atoms with E-state index in [-0.39, 0.29) is 5.69 Å². The summed E-state index contributed by atoms with van der Waals surface area (Å²) in [7, 11) is 3.24. The van der Waals surface area contributed by atoms with Crippen molar-refractivity contribution in [3.8, 4) is 17.0 Å². The average molecular weight is 260 g/mol. The Morgan fingerprint density at radius 2 is 2.05 bits per heavy atom. The summed E-state index contributed by atoms with van der Waals surface area (Å²) in [5.41, 5.74) is 3.29. The molecule has 0 aliphatic rings. The number of carbonyl (C=O) groups is 1. The van der Waals surface area contributed by atoms with Crippen LogP contribution in [-0.2, 0) is 7.05 Å². The molecule has 0 spiro atoms. The van der Waals surface area contributed by atoms with E-state index in [9.17, 15) is 9.90 Å². The van der Waals surface area contributed by atoms with E-state index in [0.29, 0.717) is 17.0 Å². The van der Waals surface area contributed by atoms with Gasteiger partial charge in [0.05, 0.1) is 13.4 Å². The van der Waals surface area contributed by atoms with E-state index in [1.807, 2.05) is 26.0 Å². The minimum absolute atomic E-state index is 0.156. The topological polar surface area (TPSA) is 64.4 Å². The first-order chi connectivity index (χ1) is 8.95. The molecular formula is C14H16N2O3. The second-order valence-electron chi connectivity index (χ2n) is 4.52. The van der Waals surface area contributed by atoms with E-state index in [2.05, 4.69) is 4.98 Å². The highest BCUT2D eigenvalue weighted by molar-refractivity contribution is 5.94. The van der Waals surface area contributed by atoms with E-state index < -0.39 is 5.97 Å². The molecule has 1 aromatic carbocycles. The van der Waals surface area contributed by atoms with Crippen LogP contribution in [0.5, 0.6) is 5.75 Å². The molecule has 0 saturated heterocycles. The Hall–Kier alpha value is -2.30. The van der Waals surface area contributed by atoms with Crippen LogP contribution in [0.1, 0.15) is 21.6 Å². The largest absolute Gasteiger partial charge is 0.496 e. The first kappa shape index (κ1) is 13.1. The van der Waals surface area contributed by atoms with Crippen molar-refractivity contribution in [1.29, 1.82) is 0 Å². The number of nitrogens with zero attached hydrogens (tertiary/aromatic N) is 2. The van der Waals surface area contributed by atoms with Crippen molar-refractivity contribution >= 4 is 5.97 Å². The fourth-order valence-corrected chi connectivity index (χ4v) is 2.28. The number of methoxy groups -OCH3 is 1. The van der Waals surface area contributed by atoms with Crippen LogP contribution in [0.25, 0.3) is 11.3 Å². The predicted octanol–water partition coefficient (Wildman–Crippen LogP) is 2.41. The van der Waals surface area contributed by atoms with E-state index in [1.54, 1.807) is 14.2 Å². The number of imidazole rings is 1. The van der Waals surface area contributed by atoms with Gasteiger partial charge in [0.2, 0.25) is 0 Å². The van der Waals surface area contributed by atoms with E-state index in [4.69, 9.17) is 4.74 Å². The molecule has 1 N–H and O–H groups in total. The number of carboxylic acid groups (broad SMARTS) is 1. The molecule has 1 heterocycles. The van der Waals surface area contributed by atoms with Crippen molar-refractivity contribution < 1.29 is 14.6 Å². The zero-order valence-electron chi connectivity index (χ0n) is 11.4. The molecule has 2 rings (SSSR count). The summed E-state index contributed by atoms with van der Waals surface area (Å²) in [5, 5.41) is 9.30. The molecule has 1 aromatic heterocycles. The second-order valence-corrected chi connectivity index (χ2v) is 4.52. The number of benzene rings is 1. The van der Waals surface area contributed by atoms with Crippen molar-refractivity contribution in [1.82, 2.24) is 9.55 Å². The number of hydrogen-bond acceptors (Lipinski definition) is 3. The summed E-state index contributed by atoms with van der Waals surface area (Å²) in [6.07, 6.45) is 1.50. The normalized spacial score (nSPS) is 10.5. The molecule has 0 atom stereocenters. The maximum atomic E-state index is 11.3. The lowest BCUT2D eigenvalue weighted by Crippen LogP contribution is -2.06. The first-order valence-electron chi connectivity index (χ1n) is 5.86. The van der Waals surface area contributed by atoms with Crippen LogP contribution < -0.4 is 4.74 Å². The SMILES string of the molecule is COc1c(C)cc(C)cc1-c1ncn(C)c1C(=O)O. The zero-order chi connectivity index (χ0) is 14.2. The standard InChI is InChI=1S/C14H16N2O3/c1-8-5-9(2)13(19-4)10(6-8)11-12(14(17)18)16(3)7-15-11/h5-7H,1-4H3,(H,17,18). The number of aryl methyl sites for hydroxylation is 3. The van der Waals surface area contributed by atoms with Crippen molar-refractivity contribution in [2.24, 2.45) is 7.05 Å². The third kappa shape index (κ3) is 2.19. The lowest BCUT2D eigenvalue weighted by molar-refractivity contribution is 0.0687. The first-order valence-corrected chi connectivity index (χ1v) is 5.86. The van der Waals surface area contributed by atoms with Crippen LogP contribution in [-0.4, -0.2) is 27.7 Å². The average Bonchev–Trinajstić information content (AvgIpc) is 2.70. The third-order valence-corrected chi connectivity index (χ3v) is 3.02. The molecule has 0 unspecified atom stereocenters. The van der Waals surface area contributed by atoms with Gasteiger partial charge in [0, 0.05) is 12.6 Å². The summed E-state index contributed by atoms with van der Waals surface area (Å²) < 4.78 is 6.88. The maximum Gasteiger partial charge on any atom is 0.354 e. The highest BCUT2D eigenvalue weighted by Crippen LogP contribution is 2.34. The monoisotopic (exact) mass is 260 g/mol. The van der Waals surface area contributed by atoms with E-state index >= 15 is 0 Å². The van der Waals surface area contributed by atoms with Crippen molar-refractivity contribution in [3.63, 3.8) is 0 Å². The fourth-order valence-electron chi connectivity index (χ4n) is 2.28. The molecule has 0 bridgehead atoms. The van der Waals surface area contributed by atoms with Gasteiger partial charge in [0.15, 0.2) is 5.69 Å². The van der Waals surface area contributed by atoms with Crippen LogP contribution in [0.3, 0.4) is 0 Å². The molecule has 19 heavy (non-hydrogen) atoms. The van der Waals surface area contributed by atoms with E-state index in [1.165, 1.54) is 10.9 Å². The van der Waals surface area contributed by atoms with Gasteiger partial charge < -0.3 is 14.4 Å². The Morgan fingerprint density at radius 3 is 2.63 bits per heavy atom. The molecule has 0 aliphatic carbocycles. The predicted molar refractivity (Wildman–Crippen MR) is 71.6 cm³/mol. The third-order valence-electron chi connectivity index (χ3n) is 3.02. The molecule has 0 radical (unpaired) electrons. The smallest absolute Gasteiger partial charge is 0.354 e. The number of aromatic carboxylic acids is 1. The Kier molecular flexibility index (Phi) is 3.29. The molecule has 100 valence electrons. The van der Waals surface area contributed by atoms with Gasteiger partial charge in [-0.1, -0.05) is 6.07 Å². The summed E-state index contributed by atoms with van der Waals surface area (Å²) in [5.74, 6) is -0.344. The Bertz CT molecular complexity index is 644. The molecule has 5 nitrogen and oxygen atoms in total. The van der Waals surface area contributed by atoms with Crippen LogP contribution in [0.15, 0.2) is 18.5 Å². The number of ether oxygens (including phenoxy) is 1. The van der Waals surface area contributed by atoms with Gasteiger partial charge in [-0.05, 0) is 31.0 Å². The van der Waals surface area contributed by atoms with Gasteiger partial charge in [-0.15, -0.1) is 0 Å². The lowest BCUT2D eigenvalue weighted by atomic mass is 10.0. The second kappa shape index (κ2) is 4.76. The van der Waals surface area contributed by atoms with Gasteiger partial charge in [-0.25, -0.2) is 9.78 Å². The van der Waals surface area contributed by atoms with Gasteiger partial charge in [-0.2, -0.15) is 0 Å². The number of carboxylic acids is 1. The number of rotatable bonds is 3. The molecular weight excluding hydrogens is 244 g/mol. The van der Waals surface area contributed by atoms with Gasteiger partial charge in [0.25, 0.3) is 0 Å². The minimum atomic E-state index is -1.00. The van der Waals surface area contributed by atoms with E-state index in [0.717, 1.165) is 11.1 Å². The fraction of sp³-hybridized carbons (Fsp3) is 0.286. The zero-order valence-corrected chi connectivity index (χ0v) is 11.4. The van der Waals surface area contributed by atoms with Gasteiger partial charge in [0.1, 0.15) is 11.4 Å². The summed E-state index contributed by atoms with van der Waals surface area (Å²) >= 11 is 0. The highest BCUT2D eigenvalue weighted by atomic mass is 16.5. The molecule has 0 amide bonds. The Labute approximate surface area is 111 Å². The molecule has 5 heteroatoms. The van der Waals surface area contributed by atoms with Crippen molar-refractivity contribution in [2.45, 2.75) is 13.8 Å². The van der Waals surface area contributed by atoms with Crippen LogP contribution in [0, 0.1) is 13.8 Å². The number of hydrogen-bond donors (Lipinski definition) is 1. The molecule has 2 aromatic rings. The van der Waals surface area contributed by atoms with Crippen molar-refractivity contribution in [2.75, 3.05) is 7.11 Å². The summed E-state index contributed by atoms with van der Waals surface area (Å²) in [6, 6.07) is 3.88. The van der Waals surface area contributed by atoms with Crippen LogP contribution >= 0.6 is 0 Å². The molecule has 0 aliphatic heterocycles. The Balaban J connectivity index is 2.75. The lowest BCUT2D eigenvalue weighted by Gasteiger charge is -2.12. The van der Waals surface area contributed by atoms with Crippen LogP contribution in [0.2, 0.25) is 0 Å². The molecule has 0 saturated carbocycles. The molecule has 0 fully saturated rings. The highest BCUT2D eigenvalue weighted by Gasteiger charge is 2.21. The van der Waals surface area contributed by atoms with Crippen LogP contribution in [0.4, 0.5) is 0 Å². The maximum absolute atomic E-state index is 11.3. The summed E-state index contributed by atoms with van der Waals surface area (Å²) in [6.45, 7) is 3.89. The Morgan fingerprint density at radius 1 is 1.37 bits per heavy atom. The quantitative estimate of drug-likeness (QED) is 0.920. The number of aromatic nitrogens is 2. The van der Waals surface area contributed by atoms with Gasteiger partial charge in [-0.3, -0.25) is 0 Å². The van der Waals surface area contributed by atoms with Gasteiger partial charge >= 0.3 is 5.97 Å². The minimum Gasteiger partial charge on any atom is -0.496 e.